The number of benzene rings is 1. The number of alkyl halides is 3. The molecule has 10 heteroatoms. The van der Waals surface area contributed by atoms with Crippen LogP contribution in [-0.2, 0) is 23.2 Å². The molecular formula is C19H22F3N3O3S. The van der Waals surface area contributed by atoms with Crippen LogP contribution in [-0.4, -0.2) is 41.2 Å². The standard InChI is InChI=1S/C19H22F3N3O3S/c1-12-18(10-24(2)23-12)29(26,27)25-15-7-6-13(8-15)17(25)11-28-16-5-3-4-14(9-16)19(20,21)22/h3-5,9-10,13,15,17H,6-8,11H2,1-2H3/t13-,15-,17+/m1/s1. The van der Waals surface area contributed by atoms with Crippen molar-refractivity contribution >= 4 is 10.0 Å². The molecule has 2 bridgehead atoms. The Labute approximate surface area is 167 Å². The van der Waals surface area contributed by atoms with E-state index in [1.165, 1.54) is 27.3 Å². The van der Waals surface area contributed by atoms with Crippen molar-refractivity contribution in [1.82, 2.24) is 14.1 Å². The van der Waals surface area contributed by atoms with Crippen LogP contribution in [0.4, 0.5) is 13.2 Å². The summed E-state index contributed by atoms with van der Waals surface area (Å²) >= 11 is 0. The quantitative estimate of drug-likeness (QED) is 0.731. The first kappa shape index (κ1) is 20.2. The van der Waals surface area contributed by atoms with Crippen molar-refractivity contribution in [1.29, 1.82) is 0 Å². The number of nitrogens with zero attached hydrogens (tertiary/aromatic N) is 3. The maximum absolute atomic E-state index is 13.3. The van der Waals surface area contributed by atoms with E-state index in [2.05, 4.69) is 5.10 Å². The molecule has 158 valence electrons. The molecule has 6 nitrogen and oxygen atoms in total. The predicted molar refractivity (Wildman–Crippen MR) is 98.8 cm³/mol. The molecule has 0 N–H and O–H groups in total. The van der Waals surface area contributed by atoms with Crippen LogP contribution in [0.25, 0.3) is 0 Å². The van der Waals surface area contributed by atoms with Gasteiger partial charge in [0, 0.05) is 19.3 Å². The summed E-state index contributed by atoms with van der Waals surface area (Å²) in [6.45, 7) is 1.66. The molecule has 1 aromatic heterocycles. The van der Waals surface area contributed by atoms with Gasteiger partial charge in [-0.3, -0.25) is 4.68 Å². The third-order valence-corrected chi connectivity index (χ3v) is 7.86. The lowest BCUT2D eigenvalue weighted by molar-refractivity contribution is -0.137. The van der Waals surface area contributed by atoms with E-state index in [0.29, 0.717) is 5.69 Å². The van der Waals surface area contributed by atoms with E-state index in [9.17, 15) is 21.6 Å². The highest BCUT2D eigenvalue weighted by atomic mass is 32.2. The van der Waals surface area contributed by atoms with Crippen LogP contribution in [0.15, 0.2) is 35.4 Å². The molecule has 29 heavy (non-hydrogen) atoms. The molecular weight excluding hydrogens is 407 g/mol. The molecule has 2 aliphatic rings. The summed E-state index contributed by atoms with van der Waals surface area (Å²) < 4.78 is 74.1. The minimum atomic E-state index is -4.46. The summed E-state index contributed by atoms with van der Waals surface area (Å²) in [5.41, 5.74) is -0.369. The van der Waals surface area contributed by atoms with Crippen LogP contribution < -0.4 is 4.74 Å². The van der Waals surface area contributed by atoms with Gasteiger partial charge in [0.25, 0.3) is 0 Å². The molecule has 1 saturated heterocycles. The molecule has 3 atom stereocenters. The fourth-order valence-electron chi connectivity index (χ4n) is 4.52. The lowest BCUT2D eigenvalue weighted by Gasteiger charge is -2.34. The van der Waals surface area contributed by atoms with E-state index in [1.54, 1.807) is 14.0 Å². The molecule has 1 saturated carbocycles. The average molecular weight is 429 g/mol. The van der Waals surface area contributed by atoms with Gasteiger partial charge in [-0.15, -0.1) is 0 Å². The minimum absolute atomic E-state index is 0.0149. The average Bonchev–Trinajstić information content (AvgIpc) is 3.33. The molecule has 2 aromatic rings. The second kappa shape index (κ2) is 7.02. The zero-order valence-electron chi connectivity index (χ0n) is 16.1. The Kier molecular flexibility index (Phi) is 4.89. The smallest absolute Gasteiger partial charge is 0.416 e. The summed E-state index contributed by atoms with van der Waals surface area (Å²) in [6.07, 6.45) is -0.557. The molecule has 1 aliphatic carbocycles. The van der Waals surface area contributed by atoms with Crippen LogP contribution in [0.5, 0.6) is 5.75 Å². The van der Waals surface area contributed by atoms with Crippen LogP contribution in [0.3, 0.4) is 0 Å². The maximum atomic E-state index is 13.3. The van der Waals surface area contributed by atoms with Crippen molar-refractivity contribution in [3.05, 3.63) is 41.7 Å². The van der Waals surface area contributed by atoms with Gasteiger partial charge in [-0.25, -0.2) is 8.42 Å². The number of aryl methyl sites for hydroxylation is 2. The van der Waals surface area contributed by atoms with E-state index in [4.69, 9.17) is 4.74 Å². The molecule has 1 aliphatic heterocycles. The Morgan fingerprint density at radius 1 is 1.28 bits per heavy atom. The van der Waals surface area contributed by atoms with E-state index < -0.39 is 27.8 Å². The minimum Gasteiger partial charge on any atom is -0.492 e. The van der Waals surface area contributed by atoms with Gasteiger partial charge in [0.15, 0.2) is 0 Å². The van der Waals surface area contributed by atoms with E-state index in [-0.39, 0.29) is 29.2 Å². The van der Waals surface area contributed by atoms with Gasteiger partial charge in [-0.05, 0) is 50.3 Å². The highest BCUT2D eigenvalue weighted by molar-refractivity contribution is 7.89. The first-order valence-corrected chi connectivity index (χ1v) is 10.8. The zero-order valence-corrected chi connectivity index (χ0v) is 16.9. The third-order valence-electron chi connectivity index (χ3n) is 5.78. The number of hydrogen-bond donors (Lipinski definition) is 0. The summed E-state index contributed by atoms with van der Waals surface area (Å²) in [4.78, 5) is 0.164. The Bertz CT molecular complexity index is 1020. The van der Waals surface area contributed by atoms with Gasteiger partial charge in [0.2, 0.25) is 10.0 Å². The largest absolute Gasteiger partial charge is 0.492 e. The first-order chi connectivity index (χ1) is 13.6. The number of hydrogen-bond acceptors (Lipinski definition) is 4. The molecule has 2 heterocycles. The Morgan fingerprint density at radius 3 is 2.69 bits per heavy atom. The predicted octanol–water partition coefficient (Wildman–Crippen LogP) is 3.37. The van der Waals surface area contributed by atoms with Crippen LogP contribution in [0.1, 0.15) is 30.5 Å². The number of rotatable bonds is 5. The SMILES string of the molecule is Cc1nn(C)cc1S(=O)(=O)N1[C@@H]2CC[C@H](C2)[C@@H]1COc1cccc(C(F)(F)F)c1. The summed E-state index contributed by atoms with van der Waals surface area (Å²) in [5.74, 6) is 0.218. The topological polar surface area (TPSA) is 64.4 Å². The lowest BCUT2D eigenvalue weighted by atomic mass is 10.0. The number of halogens is 3. The molecule has 0 radical (unpaired) electrons. The summed E-state index contributed by atoms with van der Waals surface area (Å²) in [5, 5.41) is 4.14. The van der Waals surface area contributed by atoms with Crippen molar-refractivity contribution in [3.63, 3.8) is 0 Å². The second-order valence-electron chi connectivity index (χ2n) is 7.72. The Morgan fingerprint density at radius 2 is 2.03 bits per heavy atom. The molecule has 0 spiro atoms. The van der Waals surface area contributed by atoms with E-state index in [1.807, 2.05) is 0 Å². The second-order valence-corrected chi connectivity index (χ2v) is 9.53. The van der Waals surface area contributed by atoms with E-state index in [0.717, 1.165) is 31.4 Å². The van der Waals surface area contributed by atoms with Gasteiger partial charge >= 0.3 is 6.18 Å². The van der Waals surface area contributed by atoms with Gasteiger partial charge in [-0.1, -0.05) is 6.07 Å². The monoisotopic (exact) mass is 429 g/mol. The van der Waals surface area contributed by atoms with Crippen molar-refractivity contribution in [2.45, 2.75) is 49.3 Å². The lowest BCUT2D eigenvalue weighted by Crippen LogP contribution is -2.47. The normalized spacial score (nSPS) is 24.9. The molecule has 1 aromatic carbocycles. The van der Waals surface area contributed by atoms with Gasteiger partial charge in [-0.2, -0.15) is 22.6 Å². The summed E-state index contributed by atoms with van der Waals surface area (Å²) in [6, 6.07) is 4.13. The number of sulfonamides is 1. The van der Waals surface area contributed by atoms with Crippen molar-refractivity contribution in [3.8, 4) is 5.75 Å². The maximum Gasteiger partial charge on any atom is 0.416 e. The Balaban J connectivity index is 1.58. The number of piperidine rings is 1. The first-order valence-electron chi connectivity index (χ1n) is 9.41. The fourth-order valence-corrected chi connectivity index (χ4v) is 6.62. The molecule has 2 fully saturated rings. The van der Waals surface area contributed by atoms with Crippen LogP contribution in [0.2, 0.25) is 0 Å². The third kappa shape index (κ3) is 3.63. The highest BCUT2D eigenvalue weighted by Gasteiger charge is 2.52. The van der Waals surface area contributed by atoms with Crippen molar-refractivity contribution < 1.29 is 26.3 Å². The number of ether oxygens (including phenoxy) is 1. The molecule has 0 unspecified atom stereocenters. The van der Waals surface area contributed by atoms with Gasteiger partial charge < -0.3 is 4.74 Å². The van der Waals surface area contributed by atoms with Crippen LogP contribution in [0, 0.1) is 12.8 Å². The van der Waals surface area contributed by atoms with E-state index >= 15 is 0 Å². The zero-order chi connectivity index (χ0) is 21.0. The summed E-state index contributed by atoms with van der Waals surface area (Å²) in [7, 11) is -2.11. The number of aromatic nitrogens is 2. The van der Waals surface area contributed by atoms with Gasteiger partial charge in [0.05, 0.1) is 17.3 Å². The fraction of sp³-hybridized carbons (Fsp3) is 0.526. The van der Waals surface area contributed by atoms with Crippen molar-refractivity contribution in [2.75, 3.05) is 6.61 Å². The van der Waals surface area contributed by atoms with Crippen LogP contribution >= 0.6 is 0 Å². The highest BCUT2D eigenvalue weighted by Crippen LogP contribution is 2.45. The number of fused-ring (bicyclic) bond motifs is 2. The Hall–Kier alpha value is -2.07. The van der Waals surface area contributed by atoms with Crippen molar-refractivity contribution in [2.24, 2.45) is 13.0 Å². The molecule has 0 amide bonds. The van der Waals surface area contributed by atoms with Gasteiger partial charge in [0.1, 0.15) is 17.3 Å². The molecule has 4 rings (SSSR count).